The Kier molecular flexibility index (Phi) is 5.24. The largest absolute Gasteiger partial charge is 0.459 e. The van der Waals surface area contributed by atoms with Gasteiger partial charge in [0, 0.05) is 5.75 Å². The minimum Gasteiger partial charge on any atom is -0.459 e. The molecule has 0 radical (unpaired) electrons. The molecule has 0 aliphatic rings. The predicted molar refractivity (Wildman–Crippen MR) is 101 cm³/mol. The molecule has 2 aromatic heterocycles. The second kappa shape index (κ2) is 7.41. The minimum atomic E-state index is -0.324. The van der Waals surface area contributed by atoms with E-state index in [1.54, 1.807) is 23.9 Å². The van der Waals surface area contributed by atoms with E-state index >= 15 is 0 Å². The highest BCUT2D eigenvalue weighted by Crippen LogP contribution is 2.29. The molecular weight excluding hydrogens is 354 g/mol. The van der Waals surface area contributed by atoms with Crippen LogP contribution in [0.3, 0.4) is 0 Å². The molecule has 3 rings (SSSR count). The van der Waals surface area contributed by atoms with Crippen molar-refractivity contribution in [1.82, 2.24) is 10.2 Å². The number of hydrogen-bond acceptors (Lipinski definition) is 6. The van der Waals surface area contributed by atoms with Crippen LogP contribution in [0, 0.1) is 0 Å². The van der Waals surface area contributed by atoms with Gasteiger partial charge in [-0.3, -0.25) is 10.1 Å². The highest BCUT2D eigenvalue weighted by Gasteiger charge is 2.14. The Bertz CT molecular complexity index is 834. The van der Waals surface area contributed by atoms with Gasteiger partial charge in [-0.15, -0.1) is 10.2 Å². The monoisotopic (exact) mass is 373 g/mol. The van der Waals surface area contributed by atoms with Crippen molar-refractivity contribution in [1.29, 1.82) is 0 Å². The molecule has 130 valence electrons. The van der Waals surface area contributed by atoms with E-state index in [4.69, 9.17) is 4.42 Å². The quantitative estimate of drug-likeness (QED) is 0.505. The summed E-state index contributed by atoms with van der Waals surface area (Å²) in [5.41, 5.74) is 2.71. The van der Waals surface area contributed by atoms with E-state index in [9.17, 15) is 4.79 Å². The van der Waals surface area contributed by atoms with E-state index in [1.807, 2.05) is 0 Å². The first kappa shape index (κ1) is 17.7. The Hall–Kier alpha value is -2.12. The zero-order valence-corrected chi connectivity index (χ0v) is 15.9. The van der Waals surface area contributed by atoms with Crippen molar-refractivity contribution in [3.8, 4) is 0 Å². The summed E-state index contributed by atoms with van der Waals surface area (Å²) in [4.78, 5) is 11.9. The Balaban J connectivity index is 1.56. The van der Waals surface area contributed by atoms with Crippen molar-refractivity contribution in [2.45, 2.75) is 36.3 Å². The van der Waals surface area contributed by atoms with Crippen LogP contribution in [0.2, 0.25) is 0 Å². The van der Waals surface area contributed by atoms with Gasteiger partial charge in [-0.1, -0.05) is 68.1 Å². The summed E-state index contributed by atoms with van der Waals surface area (Å²) in [5, 5.41) is 11.3. The maximum Gasteiger partial charge on any atom is 0.293 e. The van der Waals surface area contributed by atoms with Crippen molar-refractivity contribution in [3.05, 3.63) is 59.5 Å². The molecular formula is C18H19N3O2S2. The Labute approximate surface area is 154 Å². The number of furan rings is 1. The van der Waals surface area contributed by atoms with E-state index in [-0.39, 0.29) is 17.1 Å². The molecule has 1 N–H and O–H groups in total. The van der Waals surface area contributed by atoms with Crippen LogP contribution in [0.1, 0.15) is 42.5 Å². The molecule has 5 nitrogen and oxygen atoms in total. The van der Waals surface area contributed by atoms with Gasteiger partial charge in [0.15, 0.2) is 10.1 Å². The second-order valence-corrected chi connectivity index (χ2v) is 8.74. The summed E-state index contributed by atoms with van der Waals surface area (Å²) in [6.45, 7) is 6.61. The molecule has 0 fully saturated rings. The second-order valence-electron chi connectivity index (χ2n) is 6.54. The molecule has 0 bridgehead atoms. The van der Waals surface area contributed by atoms with Gasteiger partial charge in [0.05, 0.1) is 6.26 Å². The fourth-order valence-corrected chi connectivity index (χ4v) is 3.83. The molecule has 1 aromatic carbocycles. The molecule has 25 heavy (non-hydrogen) atoms. The van der Waals surface area contributed by atoms with Crippen LogP contribution in [-0.2, 0) is 11.2 Å². The predicted octanol–water partition coefficient (Wildman–Crippen LogP) is 4.97. The van der Waals surface area contributed by atoms with Crippen molar-refractivity contribution in [2.75, 3.05) is 5.32 Å². The normalized spacial score (nSPS) is 11.5. The summed E-state index contributed by atoms with van der Waals surface area (Å²) < 4.78 is 5.87. The molecule has 2 heterocycles. The van der Waals surface area contributed by atoms with E-state index in [1.165, 1.54) is 28.7 Å². The lowest BCUT2D eigenvalue weighted by atomic mass is 9.87. The number of nitrogens with one attached hydrogen (secondary N) is 1. The van der Waals surface area contributed by atoms with Crippen LogP contribution < -0.4 is 5.32 Å². The highest BCUT2D eigenvalue weighted by molar-refractivity contribution is 8.00. The summed E-state index contributed by atoms with van der Waals surface area (Å²) in [6, 6.07) is 11.9. The lowest BCUT2D eigenvalue weighted by molar-refractivity contribution is 0.0996. The number of carbonyl (C=O) groups excluding carboxylic acids is 1. The van der Waals surface area contributed by atoms with Gasteiger partial charge in [-0.25, -0.2) is 0 Å². The Morgan fingerprint density at radius 2 is 1.96 bits per heavy atom. The first-order valence-corrected chi connectivity index (χ1v) is 9.62. The van der Waals surface area contributed by atoms with Gasteiger partial charge < -0.3 is 4.42 Å². The SMILES string of the molecule is CC(C)(C)c1ccc(CSc2nnc(NC(=O)c3ccco3)s2)cc1. The van der Waals surface area contributed by atoms with Crippen LogP contribution in [-0.4, -0.2) is 16.1 Å². The molecule has 3 aromatic rings. The molecule has 0 atom stereocenters. The van der Waals surface area contributed by atoms with Crippen LogP contribution in [0.5, 0.6) is 0 Å². The van der Waals surface area contributed by atoms with Crippen LogP contribution in [0.25, 0.3) is 0 Å². The average molecular weight is 374 g/mol. The molecule has 7 heteroatoms. The number of carbonyl (C=O) groups is 1. The number of benzene rings is 1. The number of nitrogens with zero attached hydrogens (tertiary/aromatic N) is 2. The van der Waals surface area contributed by atoms with E-state index in [2.05, 4.69) is 60.6 Å². The van der Waals surface area contributed by atoms with Crippen LogP contribution in [0.4, 0.5) is 5.13 Å². The highest BCUT2D eigenvalue weighted by atomic mass is 32.2. The van der Waals surface area contributed by atoms with Crippen molar-refractivity contribution in [3.63, 3.8) is 0 Å². The molecule has 0 unspecified atom stereocenters. The molecule has 0 aliphatic heterocycles. The number of amides is 1. The van der Waals surface area contributed by atoms with E-state index in [0.717, 1.165) is 10.1 Å². The zero-order valence-electron chi connectivity index (χ0n) is 14.3. The number of thioether (sulfide) groups is 1. The Morgan fingerprint density at radius 3 is 2.60 bits per heavy atom. The third kappa shape index (κ3) is 4.70. The fraction of sp³-hybridized carbons (Fsp3) is 0.278. The maximum absolute atomic E-state index is 11.9. The Morgan fingerprint density at radius 1 is 1.20 bits per heavy atom. The summed E-state index contributed by atoms with van der Waals surface area (Å²) in [6.07, 6.45) is 1.46. The standard InChI is InChI=1S/C18H19N3O2S2/c1-18(2,3)13-8-6-12(7-9-13)11-24-17-21-20-16(25-17)19-15(22)14-5-4-10-23-14/h4-10H,11H2,1-3H3,(H,19,20,22). The summed E-state index contributed by atoms with van der Waals surface area (Å²) in [5.74, 6) is 0.740. The topological polar surface area (TPSA) is 68.0 Å². The summed E-state index contributed by atoms with van der Waals surface area (Å²) in [7, 11) is 0. The molecule has 0 saturated carbocycles. The van der Waals surface area contributed by atoms with Gasteiger partial charge in [0.1, 0.15) is 0 Å². The third-order valence-corrected chi connectivity index (χ3v) is 5.60. The van der Waals surface area contributed by atoms with Gasteiger partial charge in [0.2, 0.25) is 5.13 Å². The maximum atomic E-state index is 11.9. The van der Waals surface area contributed by atoms with Crippen molar-refractivity contribution < 1.29 is 9.21 Å². The lowest BCUT2D eigenvalue weighted by Crippen LogP contribution is -2.10. The van der Waals surface area contributed by atoms with E-state index < -0.39 is 0 Å². The van der Waals surface area contributed by atoms with Crippen molar-refractivity contribution in [2.24, 2.45) is 0 Å². The van der Waals surface area contributed by atoms with Crippen LogP contribution in [0.15, 0.2) is 51.4 Å². The molecule has 1 amide bonds. The van der Waals surface area contributed by atoms with Gasteiger partial charge in [0.25, 0.3) is 5.91 Å². The van der Waals surface area contributed by atoms with Gasteiger partial charge in [-0.2, -0.15) is 0 Å². The first-order valence-electron chi connectivity index (χ1n) is 7.82. The minimum absolute atomic E-state index is 0.159. The van der Waals surface area contributed by atoms with E-state index in [0.29, 0.717) is 5.13 Å². The van der Waals surface area contributed by atoms with Crippen molar-refractivity contribution >= 4 is 34.1 Å². The zero-order chi connectivity index (χ0) is 17.9. The fourth-order valence-electron chi connectivity index (χ4n) is 2.13. The molecule has 0 aliphatic carbocycles. The molecule has 0 saturated heterocycles. The van der Waals surface area contributed by atoms with Gasteiger partial charge in [-0.05, 0) is 28.7 Å². The third-order valence-electron chi connectivity index (χ3n) is 3.55. The lowest BCUT2D eigenvalue weighted by Gasteiger charge is -2.19. The first-order chi connectivity index (χ1) is 11.9. The number of anilines is 1. The van der Waals surface area contributed by atoms with Gasteiger partial charge >= 0.3 is 0 Å². The smallest absolute Gasteiger partial charge is 0.293 e. The van der Waals surface area contributed by atoms with Crippen LogP contribution >= 0.6 is 23.1 Å². The average Bonchev–Trinajstić information content (AvgIpc) is 3.24. The summed E-state index contributed by atoms with van der Waals surface area (Å²) >= 11 is 2.95. The number of hydrogen-bond donors (Lipinski definition) is 1. The number of aromatic nitrogens is 2. The number of rotatable bonds is 5. The molecule has 0 spiro atoms.